The fourth-order valence-electron chi connectivity index (χ4n) is 2.19. The van der Waals surface area contributed by atoms with E-state index in [0.29, 0.717) is 6.54 Å². The summed E-state index contributed by atoms with van der Waals surface area (Å²) >= 11 is 0. The Kier molecular flexibility index (Phi) is 4.62. The van der Waals surface area contributed by atoms with Gasteiger partial charge in [-0.15, -0.1) is 0 Å². The summed E-state index contributed by atoms with van der Waals surface area (Å²) in [6.45, 7) is 4.61. The van der Waals surface area contributed by atoms with E-state index < -0.39 is 0 Å². The SMILES string of the molecule is COc1cc(CN(C)c2nc(C)cnc2C)cc(OC)c1. The van der Waals surface area contributed by atoms with Crippen molar-refractivity contribution in [2.45, 2.75) is 20.4 Å². The van der Waals surface area contributed by atoms with Gasteiger partial charge >= 0.3 is 0 Å². The summed E-state index contributed by atoms with van der Waals surface area (Å²) in [6.07, 6.45) is 1.78. The zero-order valence-electron chi connectivity index (χ0n) is 13.2. The molecule has 0 fully saturated rings. The fourth-order valence-corrected chi connectivity index (χ4v) is 2.19. The number of hydrogen-bond acceptors (Lipinski definition) is 5. The lowest BCUT2D eigenvalue weighted by Gasteiger charge is -2.20. The first-order chi connectivity index (χ1) is 10.0. The van der Waals surface area contributed by atoms with Crippen LogP contribution in [0.15, 0.2) is 24.4 Å². The van der Waals surface area contributed by atoms with Crippen LogP contribution in [-0.2, 0) is 6.54 Å². The minimum Gasteiger partial charge on any atom is -0.497 e. The van der Waals surface area contributed by atoms with Gasteiger partial charge in [-0.05, 0) is 31.5 Å². The number of aryl methyl sites for hydroxylation is 2. The molecule has 112 valence electrons. The number of ether oxygens (including phenoxy) is 2. The predicted molar refractivity (Wildman–Crippen MR) is 83.2 cm³/mol. The summed E-state index contributed by atoms with van der Waals surface area (Å²) < 4.78 is 10.6. The molecule has 0 spiro atoms. The molecule has 0 aliphatic heterocycles. The summed E-state index contributed by atoms with van der Waals surface area (Å²) in [5.74, 6) is 2.45. The molecule has 1 aromatic carbocycles. The highest BCUT2D eigenvalue weighted by molar-refractivity contribution is 5.45. The van der Waals surface area contributed by atoms with E-state index in [1.165, 1.54) is 0 Å². The molecule has 0 unspecified atom stereocenters. The Morgan fingerprint density at radius 1 is 1.05 bits per heavy atom. The maximum absolute atomic E-state index is 5.30. The van der Waals surface area contributed by atoms with Crippen molar-refractivity contribution in [2.75, 3.05) is 26.2 Å². The van der Waals surface area contributed by atoms with Crippen molar-refractivity contribution in [1.29, 1.82) is 0 Å². The molecule has 0 atom stereocenters. The van der Waals surface area contributed by atoms with Gasteiger partial charge in [0.1, 0.15) is 17.3 Å². The molecule has 1 heterocycles. The van der Waals surface area contributed by atoms with Crippen molar-refractivity contribution >= 4 is 5.82 Å². The lowest BCUT2D eigenvalue weighted by Crippen LogP contribution is -2.19. The van der Waals surface area contributed by atoms with E-state index in [2.05, 4.69) is 14.9 Å². The number of nitrogens with zero attached hydrogens (tertiary/aromatic N) is 3. The second-order valence-corrected chi connectivity index (χ2v) is 5.00. The highest BCUT2D eigenvalue weighted by Crippen LogP contribution is 2.24. The zero-order chi connectivity index (χ0) is 15.4. The maximum Gasteiger partial charge on any atom is 0.150 e. The second kappa shape index (κ2) is 6.43. The summed E-state index contributed by atoms with van der Waals surface area (Å²) in [5.41, 5.74) is 2.92. The molecule has 0 saturated carbocycles. The van der Waals surface area contributed by atoms with Crippen molar-refractivity contribution in [1.82, 2.24) is 9.97 Å². The minimum atomic E-state index is 0.701. The number of hydrogen-bond donors (Lipinski definition) is 0. The number of anilines is 1. The smallest absolute Gasteiger partial charge is 0.150 e. The van der Waals surface area contributed by atoms with E-state index in [4.69, 9.17) is 9.47 Å². The first kappa shape index (κ1) is 15.1. The van der Waals surface area contributed by atoms with Gasteiger partial charge in [-0.1, -0.05) is 0 Å². The maximum atomic E-state index is 5.30. The van der Waals surface area contributed by atoms with Gasteiger partial charge in [0.2, 0.25) is 0 Å². The molecule has 0 aliphatic rings. The van der Waals surface area contributed by atoms with Crippen molar-refractivity contribution in [2.24, 2.45) is 0 Å². The third kappa shape index (κ3) is 3.62. The summed E-state index contributed by atoms with van der Waals surface area (Å²) in [7, 11) is 5.30. The molecule has 0 aliphatic carbocycles. The molecule has 0 amide bonds. The van der Waals surface area contributed by atoms with Crippen molar-refractivity contribution < 1.29 is 9.47 Å². The molecule has 5 nitrogen and oxygen atoms in total. The van der Waals surface area contributed by atoms with Crippen LogP contribution in [0, 0.1) is 13.8 Å². The number of methoxy groups -OCH3 is 2. The van der Waals surface area contributed by atoms with Crippen molar-refractivity contribution in [3.05, 3.63) is 41.3 Å². The van der Waals surface area contributed by atoms with Crippen LogP contribution in [0.25, 0.3) is 0 Å². The second-order valence-electron chi connectivity index (χ2n) is 5.00. The Balaban J connectivity index is 2.26. The quantitative estimate of drug-likeness (QED) is 0.846. The molecule has 0 N–H and O–H groups in total. The van der Waals surface area contributed by atoms with Crippen LogP contribution in [0.4, 0.5) is 5.82 Å². The standard InChI is InChI=1S/C16H21N3O2/c1-11-9-17-12(2)16(18-11)19(3)10-13-6-14(20-4)8-15(7-13)21-5/h6-9H,10H2,1-5H3. The van der Waals surface area contributed by atoms with Gasteiger partial charge in [-0.3, -0.25) is 4.98 Å². The van der Waals surface area contributed by atoms with Gasteiger partial charge in [-0.2, -0.15) is 0 Å². The normalized spacial score (nSPS) is 10.3. The highest BCUT2D eigenvalue weighted by Gasteiger charge is 2.10. The summed E-state index contributed by atoms with van der Waals surface area (Å²) in [4.78, 5) is 11.0. The third-order valence-electron chi connectivity index (χ3n) is 3.24. The largest absolute Gasteiger partial charge is 0.497 e. The Morgan fingerprint density at radius 3 is 2.24 bits per heavy atom. The number of benzene rings is 1. The average Bonchev–Trinajstić information content (AvgIpc) is 2.49. The molecule has 0 bridgehead atoms. The predicted octanol–water partition coefficient (Wildman–Crippen LogP) is 2.75. The van der Waals surface area contributed by atoms with Gasteiger partial charge in [-0.25, -0.2) is 4.98 Å². The van der Waals surface area contributed by atoms with Crippen LogP contribution < -0.4 is 14.4 Å². The van der Waals surface area contributed by atoms with E-state index in [1.54, 1.807) is 20.4 Å². The Hall–Kier alpha value is -2.30. The molecule has 2 rings (SSSR count). The van der Waals surface area contributed by atoms with Crippen molar-refractivity contribution in [3.8, 4) is 11.5 Å². The Bertz CT molecular complexity index is 607. The van der Waals surface area contributed by atoms with E-state index >= 15 is 0 Å². The Morgan fingerprint density at radius 2 is 1.67 bits per heavy atom. The average molecular weight is 287 g/mol. The molecule has 1 aromatic heterocycles. The fraction of sp³-hybridized carbons (Fsp3) is 0.375. The lowest BCUT2D eigenvalue weighted by molar-refractivity contribution is 0.393. The first-order valence-corrected chi connectivity index (χ1v) is 6.77. The van der Waals surface area contributed by atoms with Gasteiger partial charge < -0.3 is 14.4 Å². The molecule has 0 radical (unpaired) electrons. The van der Waals surface area contributed by atoms with E-state index in [1.807, 2.05) is 39.1 Å². The van der Waals surface area contributed by atoms with Crippen LogP contribution in [-0.4, -0.2) is 31.2 Å². The molecule has 2 aromatic rings. The van der Waals surface area contributed by atoms with Crippen LogP contribution in [0.5, 0.6) is 11.5 Å². The van der Waals surface area contributed by atoms with Crippen LogP contribution >= 0.6 is 0 Å². The minimum absolute atomic E-state index is 0.701. The number of aromatic nitrogens is 2. The molecule has 21 heavy (non-hydrogen) atoms. The first-order valence-electron chi connectivity index (χ1n) is 6.77. The summed E-state index contributed by atoms with van der Waals surface area (Å²) in [5, 5.41) is 0. The molecule has 5 heteroatoms. The third-order valence-corrected chi connectivity index (χ3v) is 3.24. The monoisotopic (exact) mass is 287 g/mol. The van der Waals surface area contributed by atoms with Crippen LogP contribution in [0.2, 0.25) is 0 Å². The molecular formula is C16H21N3O2. The van der Waals surface area contributed by atoms with Gasteiger partial charge in [0, 0.05) is 25.9 Å². The summed E-state index contributed by atoms with van der Waals surface area (Å²) in [6, 6.07) is 5.86. The van der Waals surface area contributed by atoms with Crippen LogP contribution in [0.1, 0.15) is 17.0 Å². The Labute approximate surface area is 125 Å². The van der Waals surface area contributed by atoms with E-state index in [9.17, 15) is 0 Å². The van der Waals surface area contributed by atoms with Gasteiger partial charge in [0.15, 0.2) is 0 Å². The van der Waals surface area contributed by atoms with E-state index in [0.717, 1.165) is 34.3 Å². The lowest BCUT2D eigenvalue weighted by atomic mass is 10.2. The van der Waals surface area contributed by atoms with Gasteiger partial charge in [0.25, 0.3) is 0 Å². The topological polar surface area (TPSA) is 47.5 Å². The highest BCUT2D eigenvalue weighted by atomic mass is 16.5. The van der Waals surface area contributed by atoms with Gasteiger partial charge in [0.05, 0.1) is 25.6 Å². The van der Waals surface area contributed by atoms with E-state index in [-0.39, 0.29) is 0 Å². The molecular weight excluding hydrogens is 266 g/mol. The van der Waals surface area contributed by atoms with Crippen LogP contribution in [0.3, 0.4) is 0 Å². The zero-order valence-corrected chi connectivity index (χ0v) is 13.2. The van der Waals surface area contributed by atoms with Crippen molar-refractivity contribution in [3.63, 3.8) is 0 Å². The molecule has 0 saturated heterocycles. The number of rotatable bonds is 5.